The topological polar surface area (TPSA) is 47.6 Å². The molecule has 0 heterocycles. The van der Waals surface area contributed by atoms with Gasteiger partial charge in [0, 0.05) is 6.04 Å². The van der Waals surface area contributed by atoms with E-state index in [1.807, 2.05) is 24.3 Å². The van der Waals surface area contributed by atoms with Crippen molar-refractivity contribution in [1.82, 2.24) is 5.32 Å². The van der Waals surface area contributed by atoms with Gasteiger partial charge in [0.2, 0.25) is 5.91 Å². The minimum Gasteiger partial charge on any atom is -0.497 e. The van der Waals surface area contributed by atoms with E-state index >= 15 is 0 Å². The Hall–Kier alpha value is -1.71. The van der Waals surface area contributed by atoms with Crippen LogP contribution in [0.25, 0.3) is 0 Å². The van der Waals surface area contributed by atoms with Gasteiger partial charge in [0.25, 0.3) is 0 Å². The molecule has 0 saturated heterocycles. The highest BCUT2D eigenvalue weighted by atomic mass is 16.5. The van der Waals surface area contributed by atoms with Crippen LogP contribution >= 0.6 is 0 Å². The van der Waals surface area contributed by atoms with Gasteiger partial charge in [-0.2, -0.15) is 0 Å². The van der Waals surface area contributed by atoms with Gasteiger partial charge in [-0.05, 0) is 43.0 Å². The van der Waals surface area contributed by atoms with E-state index in [0.29, 0.717) is 19.1 Å². The Kier molecular flexibility index (Phi) is 5.90. The second-order valence-electron chi connectivity index (χ2n) is 5.81. The van der Waals surface area contributed by atoms with Gasteiger partial charge in [0.15, 0.2) is 0 Å². The SMILES string of the molecule is COc1ccc(OCCC(=O)NC2CCCC(C)C2)cc1. The number of hydrogen-bond donors (Lipinski definition) is 1. The van der Waals surface area contributed by atoms with Crippen LogP contribution < -0.4 is 14.8 Å². The van der Waals surface area contributed by atoms with E-state index in [2.05, 4.69) is 12.2 Å². The molecule has 0 aromatic heterocycles. The van der Waals surface area contributed by atoms with Crippen LogP contribution in [0.3, 0.4) is 0 Å². The molecule has 1 aliphatic carbocycles. The maximum atomic E-state index is 11.9. The molecule has 1 aromatic carbocycles. The van der Waals surface area contributed by atoms with E-state index in [1.54, 1.807) is 7.11 Å². The summed E-state index contributed by atoms with van der Waals surface area (Å²) in [6.07, 6.45) is 5.11. The lowest BCUT2D eigenvalue weighted by Gasteiger charge is -2.27. The third-order valence-electron chi connectivity index (χ3n) is 3.96. The second-order valence-corrected chi connectivity index (χ2v) is 5.81. The molecule has 2 unspecified atom stereocenters. The molecule has 116 valence electrons. The number of nitrogens with one attached hydrogen (secondary N) is 1. The molecule has 1 amide bonds. The first kappa shape index (κ1) is 15.7. The number of ether oxygens (including phenoxy) is 2. The molecule has 0 radical (unpaired) electrons. The monoisotopic (exact) mass is 291 g/mol. The highest BCUT2D eigenvalue weighted by Crippen LogP contribution is 2.23. The molecule has 1 aromatic rings. The molecule has 0 spiro atoms. The first-order valence-electron chi connectivity index (χ1n) is 7.73. The Morgan fingerprint density at radius 1 is 1.24 bits per heavy atom. The van der Waals surface area contributed by atoms with Crippen molar-refractivity contribution < 1.29 is 14.3 Å². The molecule has 0 aliphatic heterocycles. The summed E-state index contributed by atoms with van der Waals surface area (Å²) in [4.78, 5) is 11.9. The zero-order valence-electron chi connectivity index (χ0n) is 12.9. The lowest BCUT2D eigenvalue weighted by molar-refractivity contribution is -0.122. The number of methoxy groups -OCH3 is 1. The van der Waals surface area contributed by atoms with Gasteiger partial charge in [0.1, 0.15) is 11.5 Å². The summed E-state index contributed by atoms with van der Waals surface area (Å²) >= 11 is 0. The van der Waals surface area contributed by atoms with Crippen molar-refractivity contribution in [2.75, 3.05) is 13.7 Å². The average Bonchev–Trinajstić information content (AvgIpc) is 2.48. The maximum Gasteiger partial charge on any atom is 0.223 e. The third-order valence-corrected chi connectivity index (χ3v) is 3.96. The molecule has 1 N–H and O–H groups in total. The van der Waals surface area contributed by atoms with Gasteiger partial charge in [-0.25, -0.2) is 0 Å². The zero-order chi connectivity index (χ0) is 15.1. The molecular formula is C17H25NO3. The first-order chi connectivity index (χ1) is 10.2. The van der Waals surface area contributed by atoms with Gasteiger partial charge >= 0.3 is 0 Å². The summed E-state index contributed by atoms with van der Waals surface area (Å²) in [5.74, 6) is 2.36. The van der Waals surface area contributed by atoms with Gasteiger partial charge in [-0.3, -0.25) is 4.79 Å². The van der Waals surface area contributed by atoms with Crippen LogP contribution in [0.15, 0.2) is 24.3 Å². The second kappa shape index (κ2) is 7.91. The molecule has 4 nitrogen and oxygen atoms in total. The average molecular weight is 291 g/mol. The Bertz CT molecular complexity index is 444. The summed E-state index contributed by atoms with van der Waals surface area (Å²) in [5, 5.41) is 3.11. The van der Waals surface area contributed by atoms with E-state index in [0.717, 1.165) is 30.3 Å². The summed E-state index contributed by atoms with van der Waals surface area (Å²) in [6, 6.07) is 7.73. The Morgan fingerprint density at radius 2 is 1.95 bits per heavy atom. The van der Waals surface area contributed by atoms with Crippen LogP contribution in [0, 0.1) is 5.92 Å². The number of carbonyl (C=O) groups is 1. The van der Waals surface area contributed by atoms with Crippen molar-refractivity contribution in [2.45, 2.75) is 45.1 Å². The van der Waals surface area contributed by atoms with Crippen molar-refractivity contribution in [3.05, 3.63) is 24.3 Å². The Balaban J connectivity index is 1.66. The van der Waals surface area contributed by atoms with E-state index in [4.69, 9.17) is 9.47 Å². The quantitative estimate of drug-likeness (QED) is 0.876. The van der Waals surface area contributed by atoms with Gasteiger partial charge in [0.05, 0.1) is 20.1 Å². The van der Waals surface area contributed by atoms with Crippen LogP contribution in [0.5, 0.6) is 11.5 Å². The van der Waals surface area contributed by atoms with Crippen LogP contribution in [0.2, 0.25) is 0 Å². The maximum absolute atomic E-state index is 11.9. The zero-order valence-corrected chi connectivity index (χ0v) is 12.9. The van der Waals surface area contributed by atoms with Crippen LogP contribution in [-0.4, -0.2) is 25.7 Å². The summed E-state index contributed by atoms with van der Waals surface area (Å²) in [6.45, 7) is 2.66. The minimum atomic E-state index is 0.0858. The fourth-order valence-corrected chi connectivity index (χ4v) is 2.80. The van der Waals surface area contributed by atoms with Gasteiger partial charge in [-0.15, -0.1) is 0 Å². The van der Waals surface area contributed by atoms with E-state index < -0.39 is 0 Å². The van der Waals surface area contributed by atoms with Gasteiger partial charge in [-0.1, -0.05) is 19.8 Å². The predicted octanol–water partition coefficient (Wildman–Crippen LogP) is 3.16. The largest absolute Gasteiger partial charge is 0.497 e. The number of amides is 1. The molecular weight excluding hydrogens is 266 g/mol. The minimum absolute atomic E-state index is 0.0858. The van der Waals surface area contributed by atoms with Crippen LogP contribution in [-0.2, 0) is 4.79 Å². The van der Waals surface area contributed by atoms with Crippen molar-refractivity contribution in [3.63, 3.8) is 0 Å². The van der Waals surface area contributed by atoms with Crippen LogP contribution in [0.1, 0.15) is 39.0 Å². The molecule has 1 fully saturated rings. The normalized spacial score (nSPS) is 21.6. The molecule has 4 heteroatoms. The molecule has 1 saturated carbocycles. The molecule has 21 heavy (non-hydrogen) atoms. The lowest BCUT2D eigenvalue weighted by atomic mass is 9.87. The Morgan fingerprint density at radius 3 is 2.62 bits per heavy atom. The standard InChI is InChI=1S/C17H25NO3/c1-13-4-3-5-14(12-13)18-17(19)10-11-21-16-8-6-15(20-2)7-9-16/h6-9,13-14H,3-5,10-12H2,1-2H3,(H,18,19). The number of carbonyl (C=O) groups excluding carboxylic acids is 1. The molecule has 0 bridgehead atoms. The summed E-state index contributed by atoms with van der Waals surface area (Å²) < 4.78 is 10.7. The number of rotatable bonds is 6. The lowest BCUT2D eigenvalue weighted by Crippen LogP contribution is -2.38. The number of hydrogen-bond acceptors (Lipinski definition) is 3. The van der Waals surface area contributed by atoms with Crippen molar-refractivity contribution in [1.29, 1.82) is 0 Å². The van der Waals surface area contributed by atoms with E-state index in [-0.39, 0.29) is 5.91 Å². The molecule has 1 aliphatic rings. The molecule has 2 atom stereocenters. The predicted molar refractivity (Wildman–Crippen MR) is 82.7 cm³/mol. The van der Waals surface area contributed by atoms with Crippen molar-refractivity contribution in [3.8, 4) is 11.5 Å². The van der Waals surface area contributed by atoms with Crippen molar-refractivity contribution in [2.24, 2.45) is 5.92 Å². The summed E-state index contributed by atoms with van der Waals surface area (Å²) in [7, 11) is 1.63. The van der Waals surface area contributed by atoms with E-state index in [1.165, 1.54) is 12.8 Å². The van der Waals surface area contributed by atoms with E-state index in [9.17, 15) is 4.79 Å². The molecule has 2 rings (SSSR count). The smallest absolute Gasteiger partial charge is 0.223 e. The fraction of sp³-hybridized carbons (Fsp3) is 0.588. The first-order valence-corrected chi connectivity index (χ1v) is 7.73. The fourth-order valence-electron chi connectivity index (χ4n) is 2.80. The highest BCUT2D eigenvalue weighted by Gasteiger charge is 2.20. The highest BCUT2D eigenvalue weighted by molar-refractivity contribution is 5.76. The number of benzene rings is 1. The van der Waals surface area contributed by atoms with Crippen LogP contribution in [0.4, 0.5) is 0 Å². The van der Waals surface area contributed by atoms with Crippen molar-refractivity contribution >= 4 is 5.91 Å². The Labute approximate surface area is 126 Å². The van der Waals surface area contributed by atoms with Gasteiger partial charge < -0.3 is 14.8 Å². The third kappa shape index (κ3) is 5.29. The summed E-state index contributed by atoms with van der Waals surface area (Å²) in [5.41, 5.74) is 0.